The minimum Gasteiger partial charge on any atom is -0.388 e. The molecule has 0 bridgehead atoms. The number of hydrogen-bond donors (Lipinski definition) is 3. The van der Waals surface area contributed by atoms with E-state index in [-0.39, 0.29) is 12.1 Å². The van der Waals surface area contributed by atoms with E-state index >= 15 is 0 Å². The summed E-state index contributed by atoms with van der Waals surface area (Å²) in [4.78, 5) is 29.0. The largest absolute Gasteiger partial charge is 0.388 e. The van der Waals surface area contributed by atoms with Gasteiger partial charge in [0.25, 0.3) is 5.91 Å². The number of benzene rings is 2. The summed E-state index contributed by atoms with van der Waals surface area (Å²) in [7, 11) is 1.83. The van der Waals surface area contributed by atoms with Crippen molar-refractivity contribution in [3.05, 3.63) is 54.1 Å². The Balaban J connectivity index is 0.000000952. The van der Waals surface area contributed by atoms with E-state index < -0.39 is 0 Å². The maximum absolute atomic E-state index is 12.0. The second-order valence-electron chi connectivity index (χ2n) is 3.98. The first-order chi connectivity index (χ1) is 11.6. The number of nitrogens with one attached hydrogen (secondary N) is 2. The average Bonchev–Trinajstić information content (AvgIpc) is 2.64. The Labute approximate surface area is 145 Å². The van der Waals surface area contributed by atoms with Crippen molar-refractivity contribution in [1.29, 1.82) is 0 Å². The molecule has 2 rings (SSSR count). The minimum absolute atomic E-state index is 0.160. The molecule has 24 heavy (non-hydrogen) atoms. The quantitative estimate of drug-likeness (QED) is 0.723. The van der Waals surface area contributed by atoms with Gasteiger partial charge >= 0.3 is 6.15 Å². The molecule has 0 fully saturated rings. The zero-order valence-electron chi connectivity index (χ0n) is 13.7. The number of carbonyl (C=O) groups is 1. The lowest BCUT2D eigenvalue weighted by atomic mass is 10.2. The molecule has 0 aliphatic rings. The lowest BCUT2D eigenvalue weighted by Crippen LogP contribution is -2.11. The van der Waals surface area contributed by atoms with Crippen LogP contribution in [0.25, 0.3) is 0 Å². The number of carbonyl (C=O) groups excluding carboxylic acids is 3. The maximum Gasteiger partial charge on any atom is 0.373 e. The van der Waals surface area contributed by atoms with Crippen molar-refractivity contribution < 1.29 is 18.9 Å². The molecule has 1 amide bonds. The van der Waals surface area contributed by atoms with Gasteiger partial charge in [0, 0.05) is 40.9 Å². The second-order valence-corrected chi connectivity index (χ2v) is 4.63. The highest BCUT2D eigenvalue weighted by atomic mass is 32.2. The molecule has 0 radical (unpaired) electrons. The van der Waals surface area contributed by atoms with Crippen LogP contribution < -0.4 is 10.6 Å². The molecule has 0 unspecified atom stereocenters. The van der Waals surface area contributed by atoms with Gasteiger partial charge in [0.15, 0.2) is 0 Å². The van der Waals surface area contributed by atoms with Crippen LogP contribution in [0, 0.1) is 0 Å². The average molecular weight is 348 g/mol. The number of rotatable bonds is 4. The van der Waals surface area contributed by atoms with Crippen LogP contribution in [-0.4, -0.2) is 23.7 Å². The summed E-state index contributed by atoms with van der Waals surface area (Å²) in [5.74, 6) is -0.160. The summed E-state index contributed by atoms with van der Waals surface area (Å²) in [5, 5.41) is 5.79. The predicted molar refractivity (Wildman–Crippen MR) is 95.2 cm³/mol. The fourth-order valence-corrected chi connectivity index (χ4v) is 1.85. The van der Waals surface area contributed by atoms with Crippen LogP contribution in [-0.2, 0) is 9.59 Å². The first-order valence-electron chi connectivity index (χ1n) is 7.14. The summed E-state index contributed by atoms with van der Waals surface area (Å²) in [6, 6.07) is 14.2. The molecule has 7 heteroatoms. The van der Waals surface area contributed by atoms with Crippen molar-refractivity contribution in [3.8, 4) is 0 Å². The van der Waals surface area contributed by atoms with E-state index in [0.717, 1.165) is 10.6 Å². The van der Waals surface area contributed by atoms with Crippen molar-refractivity contribution >= 4 is 35.5 Å². The fourth-order valence-electron chi connectivity index (χ4n) is 1.59. The highest BCUT2D eigenvalue weighted by Gasteiger charge is 2.05. The third kappa shape index (κ3) is 7.60. The molecule has 0 spiro atoms. The predicted octanol–water partition coefficient (Wildman–Crippen LogP) is 3.99. The molecule has 2 aromatic carbocycles. The van der Waals surface area contributed by atoms with E-state index in [0.29, 0.717) is 23.3 Å². The van der Waals surface area contributed by atoms with Gasteiger partial charge < -0.3 is 15.2 Å². The van der Waals surface area contributed by atoms with E-state index in [1.54, 1.807) is 36.4 Å². The van der Waals surface area contributed by atoms with Gasteiger partial charge in [-0.25, -0.2) is 0 Å². The van der Waals surface area contributed by atoms with Gasteiger partial charge in [0.2, 0.25) is 0 Å². The molecule has 0 aromatic heterocycles. The van der Waals surface area contributed by atoms with Crippen LogP contribution in [0.1, 0.15) is 24.2 Å². The van der Waals surface area contributed by atoms with Crippen LogP contribution in [0.5, 0.6) is 0 Å². The molecule has 3 N–H and O–H groups in total. The molecule has 128 valence electrons. The van der Waals surface area contributed by atoms with E-state index in [1.807, 2.05) is 33.0 Å². The van der Waals surface area contributed by atoms with Gasteiger partial charge in [-0.1, -0.05) is 13.8 Å². The Bertz CT molecular complexity index is 637. The highest BCUT2D eigenvalue weighted by molar-refractivity contribution is 7.93. The summed E-state index contributed by atoms with van der Waals surface area (Å²) < 4.78 is 8.86. The third-order valence-corrected chi connectivity index (χ3v) is 3.14. The molecule has 0 heterocycles. The minimum atomic E-state index is -0.160. The van der Waals surface area contributed by atoms with Crippen molar-refractivity contribution in [2.75, 3.05) is 17.7 Å². The maximum atomic E-state index is 12.0. The Morgan fingerprint density at radius 2 is 1.42 bits per heavy atom. The molecule has 0 aliphatic heterocycles. The Morgan fingerprint density at radius 3 is 1.83 bits per heavy atom. The lowest BCUT2D eigenvalue weighted by Gasteiger charge is -2.06. The van der Waals surface area contributed by atoms with E-state index in [1.165, 1.54) is 0 Å². The summed E-state index contributed by atoms with van der Waals surface area (Å²) in [5.41, 5.74) is 2.25. The third-order valence-electron chi connectivity index (χ3n) is 2.65. The normalized spacial score (nSPS) is 8.50. The molecule has 0 aliphatic carbocycles. The molecular weight excluding hydrogens is 328 g/mol. The smallest absolute Gasteiger partial charge is 0.373 e. The summed E-state index contributed by atoms with van der Waals surface area (Å²) in [6.07, 6.45) is 0.250. The summed E-state index contributed by atoms with van der Waals surface area (Å²) in [6.45, 7) is 4.00. The molecule has 0 saturated heterocycles. The summed E-state index contributed by atoms with van der Waals surface area (Å²) >= 11 is 0.677. The van der Waals surface area contributed by atoms with Crippen LogP contribution in [0.2, 0.25) is 0 Å². The Hall–Kier alpha value is -2.60. The molecule has 6 nitrogen and oxygen atoms in total. The van der Waals surface area contributed by atoms with Crippen LogP contribution >= 0.6 is 12.0 Å². The van der Waals surface area contributed by atoms with Gasteiger partial charge in [-0.2, -0.15) is 9.59 Å². The topological polar surface area (TPSA) is 95.5 Å². The van der Waals surface area contributed by atoms with E-state index in [2.05, 4.69) is 10.6 Å². The van der Waals surface area contributed by atoms with Gasteiger partial charge in [0.05, 0.1) is 0 Å². The highest BCUT2D eigenvalue weighted by Crippen LogP contribution is 2.18. The number of amides is 1. The van der Waals surface area contributed by atoms with Crippen molar-refractivity contribution in [3.63, 3.8) is 0 Å². The first-order valence-corrected chi connectivity index (χ1v) is 7.92. The van der Waals surface area contributed by atoms with Gasteiger partial charge in [0.1, 0.15) is 0 Å². The van der Waals surface area contributed by atoms with Crippen LogP contribution in [0.3, 0.4) is 0 Å². The standard InChI is InChI=1S/C14H14N2O2S.C2H6.CO2/c1-15-11-4-2-10(3-5-11)14(17)16-12-6-8-13(19-18)9-7-12;1-2;2-1-3/h2-9,15,18H,1H3,(H,16,17);1-2H3;. The first kappa shape index (κ1) is 21.4. The lowest BCUT2D eigenvalue weighted by molar-refractivity contribution is -0.191. The zero-order valence-corrected chi connectivity index (χ0v) is 14.5. The molecular formula is C17H20N2O4S. The van der Waals surface area contributed by atoms with E-state index in [9.17, 15) is 4.79 Å². The zero-order chi connectivity index (χ0) is 18.4. The monoisotopic (exact) mass is 348 g/mol. The van der Waals surface area contributed by atoms with Gasteiger partial charge in [-0.15, -0.1) is 0 Å². The fraction of sp³-hybridized carbons (Fsp3) is 0.176. The van der Waals surface area contributed by atoms with E-state index in [4.69, 9.17) is 14.1 Å². The molecule has 2 aromatic rings. The molecule has 0 saturated carbocycles. The number of anilines is 2. The van der Waals surface area contributed by atoms with Crippen LogP contribution in [0.15, 0.2) is 53.4 Å². The second kappa shape index (κ2) is 12.9. The molecule has 0 atom stereocenters. The Morgan fingerprint density at radius 1 is 0.958 bits per heavy atom. The van der Waals surface area contributed by atoms with Crippen molar-refractivity contribution in [2.45, 2.75) is 18.7 Å². The Kier molecular flexibility index (Phi) is 11.5. The van der Waals surface area contributed by atoms with Gasteiger partial charge in [-0.05, 0) is 48.5 Å². The number of hydrogen-bond acceptors (Lipinski definition) is 6. The van der Waals surface area contributed by atoms with Crippen LogP contribution in [0.4, 0.5) is 11.4 Å². The van der Waals surface area contributed by atoms with Crippen molar-refractivity contribution in [2.24, 2.45) is 0 Å². The SMILES string of the molecule is CC.CNc1ccc(C(=O)Nc2ccc(SO)cc2)cc1.O=C=O. The van der Waals surface area contributed by atoms with Gasteiger partial charge in [-0.3, -0.25) is 4.79 Å². The van der Waals surface area contributed by atoms with Crippen molar-refractivity contribution in [1.82, 2.24) is 0 Å².